The van der Waals surface area contributed by atoms with Crippen LogP contribution in [0.1, 0.15) is 43.5 Å². The summed E-state index contributed by atoms with van der Waals surface area (Å²) < 4.78 is 22.2. The number of nitrogens with two attached hydrogens (primary N) is 3. The Kier molecular flexibility index (Phi) is 17.8. The first-order chi connectivity index (χ1) is 29.1. The van der Waals surface area contributed by atoms with E-state index in [9.17, 15) is 39.9 Å². The molecule has 19 nitrogen and oxygen atoms in total. The van der Waals surface area contributed by atoms with Crippen LogP contribution in [0, 0.1) is 22.7 Å². The van der Waals surface area contributed by atoms with Gasteiger partial charge in [0.15, 0.2) is 6.10 Å². The van der Waals surface area contributed by atoms with Gasteiger partial charge >= 0.3 is 11.9 Å². The molecule has 0 unspecified atom stereocenters. The molecule has 322 valence electrons. The zero-order chi connectivity index (χ0) is 44.6. The van der Waals surface area contributed by atoms with Crippen LogP contribution in [0.4, 0.5) is 5.82 Å². The molecule has 0 fully saturated rings. The third-order valence-corrected chi connectivity index (χ3v) is 9.89. The highest BCUT2D eigenvalue weighted by Gasteiger charge is 2.24. The maximum Gasteiger partial charge on any atom is 0.308 e. The molecule has 0 saturated heterocycles. The number of aliphatic hydroxyl groups is 2. The molecule has 4 rings (SSSR count). The van der Waals surface area contributed by atoms with Crippen molar-refractivity contribution >= 4 is 52.9 Å². The number of anilines is 1. The number of ether oxygens (including phenoxy) is 3. The Morgan fingerprint density at radius 1 is 0.852 bits per heavy atom. The number of benzene rings is 2. The third kappa shape index (κ3) is 13.9. The van der Waals surface area contributed by atoms with Crippen molar-refractivity contribution in [3.05, 3.63) is 76.6 Å². The Morgan fingerprint density at radius 3 is 2.00 bits per heavy atom. The van der Waals surface area contributed by atoms with E-state index < -0.39 is 60.8 Å². The fourth-order valence-corrected chi connectivity index (χ4v) is 6.21. The minimum Gasteiger partial charge on any atom is -0.490 e. The molecular formula is C40H44ClN9O10S. The second-order valence-electron chi connectivity index (χ2n) is 13.3. The number of aliphatic hydroxyl groups excluding tert-OH is 2. The van der Waals surface area contributed by atoms with E-state index in [1.807, 2.05) is 6.07 Å². The number of nitriles is 2. The summed E-state index contributed by atoms with van der Waals surface area (Å²) in [5.41, 5.74) is 19.5. The number of carbonyl (C=O) groups excluding carboxylic acids is 4. The molecule has 0 aliphatic heterocycles. The average molecular weight is 878 g/mol. The Balaban J connectivity index is 1.44. The van der Waals surface area contributed by atoms with Gasteiger partial charge in [0.2, 0.25) is 17.7 Å². The number of hydrogen-bond donors (Lipinski definition) is 7. The minimum absolute atomic E-state index is 0.00997. The lowest BCUT2D eigenvalue weighted by Gasteiger charge is -2.20. The van der Waals surface area contributed by atoms with Crippen molar-refractivity contribution in [3.8, 4) is 40.5 Å². The summed E-state index contributed by atoms with van der Waals surface area (Å²) >= 11 is 7.17. The van der Waals surface area contributed by atoms with E-state index in [0.717, 1.165) is 5.56 Å². The normalized spacial score (nSPS) is 13.3. The van der Waals surface area contributed by atoms with Crippen LogP contribution in [-0.2, 0) is 34.4 Å². The van der Waals surface area contributed by atoms with Crippen molar-refractivity contribution in [1.29, 1.82) is 10.5 Å². The molecule has 0 aliphatic rings. The molecule has 0 radical (unpaired) electrons. The monoisotopic (exact) mass is 877 g/mol. The standard InChI is InChI=1S/C40H44ClN9O10S/c1-21(51)34(44)37(55)47-13-11-31(53)58-19-28(60-32(54)12-14-48-38(56)35(45)22(2)52)18-57-27-9-5-23(6-10-27)33-29(15-42)36(46)50-40(30(33)16-43)61-20-26-17-59-39(49-26)24-3-7-25(41)8-4-24/h3-10,17,21-22,28,34-35,51-52H,11-14,18-20,44-45H2,1-2H3,(H2,46,50)(H,47,55)(H,48,56)/t21-,22-,28+,34+,35+/m1/s1. The number of pyridine rings is 1. The summed E-state index contributed by atoms with van der Waals surface area (Å²) in [7, 11) is 0. The number of nitrogen functional groups attached to an aromatic ring is 1. The first-order valence-corrected chi connectivity index (χ1v) is 20.0. The lowest BCUT2D eigenvalue weighted by atomic mass is 9.97. The van der Waals surface area contributed by atoms with Crippen molar-refractivity contribution in [3.63, 3.8) is 0 Å². The largest absolute Gasteiger partial charge is 0.490 e. The molecule has 0 saturated carbocycles. The van der Waals surface area contributed by atoms with Crippen molar-refractivity contribution in [2.75, 3.05) is 32.0 Å². The molecular weight excluding hydrogens is 834 g/mol. The predicted molar refractivity (Wildman–Crippen MR) is 221 cm³/mol. The zero-order valence-electron chi connectivity index (χ0n) is 33.0. The number of oxazole rings is 1. The Morgan fingerprint density at radius 2 is 1.43 bits per heavy atom. The van der Waals surface area contributed by atoms with E-state index >= 15 is 0 Å². The second-order valence-corrected chi connectivity index (χ2v) is 14.7. The van der Waals surface area contributed by atoms with Gasteiger partial charge in [-0.3, -0.25) is 19.2 Å². The lowest BCUT2D eigenvalue weighted by Crippen LogP contribution is -2.47. The van der Waals surface area contributed by atoms with Gasteiger partial charge in [0, 0.05) is 35.0 Å². The summed E-state index contributed by atoms with van der Waals surface area (Å²) in [5, 5.41) is 45.0. The summed E-state index contributed by atoms with van der Waals surface area (Å²) in [6.07, 6.45) is -2.44. The highest BCUT2D eigenvalue weighted by molar-refractivity contribution is 7.98. The maximum absolute atomic E-state index is 12.7. The summed E-state index contributed by atoms with van der Waals surface area (Å²) in [5.74, 6) is -2.05. The van der Waals surface area contributed by atoms with Gasteiger partial charge < -0.3 is 56.7 Å². The number of esters is 2. The molecule has 0 bridgehead atoms. The molecule has 2 aromatic carbocycles. The molecule has 10 N–H and O–H groups in total. The SMILES string of the molecule is C[C@@H](O)[C@H](N)C(=O)NCCC(=O)OC[C@H](COc1ccc(-c2c(C#N)c(N)nc(SCc3coc(-c4ccc(Cl)cc4)n3)c2C#N)cc1)OC(=O)CCNC(=O)[C@@H](N)[C@@H](C)O. The van der Waals surface area contributed by atoms with E-state index in [1.165, 1.54) is 31.9 Å². The summed E-state index contributed by atoms with van der Waals surface area (Å²) in [6, 6.07) is 15.0. The number of rotatable bonds is 21. The number of thioether (sulfide) groups is 1. The quantitative estimate of drug-likeness (QED) is 0.0464. The first-order valence-electron chi connectivity index (χ1n) is 18.6. The molecule has 0 aliphatic carbocycles. The molecule has 0 spiro atoms. The van der Waals surface area contributed by atoms with Crippen molar-refractivity contribution in [2.24, 2.45) is 11.5 Å². The number of carbonyl (C=O) groups is 4. The number of nitrogens with one attached hydrogen (secondary N) is 2. The first kappa shape index (κ1) is 47.4. The fourth-order valence-electron chi connectivity index (χ4n) is 5.21. The highest BCUT2D eigenvalue weighted by Crippen LogP contribution is 2.37. The van der Waals surface area contributed by atoms with Gasteiger partial charge in [-0.15, -0.1) is 0 Å². The average Bonchev–Trinajstić information content (AvgIpc) is 3.72. The molecule has 4 aromatic rings. The molecule has 61 heavy (non-hydrogen) atoms. The molecule has 2 aromatic heterocycles. The summed E-state index contributed by atoms with van der Waals surface area (Å²) in [4.78, 5) is 58.1. The highest BCUT2D eigenvalue weighted by atomic mass is 35.5. The zero-order valence-corrected chi connectivity index (χ0v) is 34.6. The van der Waals surface area contributed by atoms with Crippen molar-refractivity contribution in [1.82, 2.24) is 20.6 Å². The van der Waals surface area contributed by atoms with Crippen LogP contribution in [0.5, 0.6) is 5.75 Å². The van der Waals surface area contributed by atoms with Crippen LogP contribution in [0.15, 0.2) is 64.2 Å². The van der Waals surface area contributed by atoms with Gasteiger partial charge in [-0.2, -0.15) is 10.5 Å². The van der Waals surface area contributed by atoms with E-state index in [1.54, 1.807) is 48.5 Å². The van der Waals surface area contributed by atoms with Crippen molar-refractivity contribution in [2.45, 2.75) is 67.9 Å². The number of aromatic nitrogens is 2. The smallest absolute Gasteiger partial charge is 0.308 e. The number of hydrogen-bond acceptors (Lipinski definition) is 18. The topological polar surface area (TPSA) is 325 Å². The molecule has 2 heterocycles. The van der Waals surface area contributed by atoms with E-state index in [2.05, 4.69) is 26.7 Å². The van der Waals surface area contributed by atoms with E-state index in [4.69, 9.17) is 47.4 Å². The minimum atomic E-state index is -1.20. The number of amides is 2. The van der Waals surface area contributed by atoms with Gasteiger partial charge in [-0.1, -0.05) is 35.5 Å². The van der Waals surface area contributed by atoms with Crippen LogP contribution in [0.2, 0.25) is 5.02 Å². The van der Waals surface area contributed by atoms with Gasteiger partial charge in [0.1, 0.15) is 65.9 Å². The molecule has 5 atom stereocenters. The van der Waals surface area contributed by atoms with Crippen LogP contribution < -0.4 is 32.6 Å². The Bertz CT molecular complexity index is 2240. The molecule has 21 heteroatoms. The Hall–Kier alpha value is -6.26. The van der Waals surface area contributed by atoms with Crippen LogP contribution in [0.3, 0.4) is 0 Å². The molecule has 2 amide bonds. The third-order valence-electron chi connectivity index (χ3n) is 8.62. The van der Waals surface area contributed by atoms with E-state index in [-0.39, 0.29) is 71.6 Å². The fraction of sp³-hybridized carbons (Fsp3) is 0.350. The Labute approximate surface area is 359 Å². The van der Waals surface area contributed by atoms with Crippen LogP contribution in [-0.4, -0.2) is 101 Å². The maximum atomic E-state index is 12.7. The van der Waals surface area contributed by atoms with Gasteiger partial charge in [0.25, 0.3) is 0 Å². The van der Waals surface area contributed by atoms with Gasteiger partial charge in [-0.25, -0.2) is 9.97 Å². The van der Waals surface area contributed by atoms with Crippen LogP contribution >= 0.6 is 23.4 Å². The second kappa shape index (κ2) is 22.9. The van der Waals surface area contributed by atoms with Crippen LogP contribution in [0.25, 0.3) is 22.6 Å². The number of nitrogens with zero attached hydrogens (tertiary/aromatic N) is 4. The predicted octanol–water partition coefficient (Wildman–Crippen LogP) is 1.94. The number of halogens is 1. The van der Waals surface area contributed by atoms with Crippen molar-refractivity contribution < 1.29 is 48.0 Å². The van der Waals surface area contributed by atoms with Gasteiger partial charge in [0.05, 0.1) is 36.3 Å². The summed E-state index contributed by atoms with van der Waals surface area (Å²) in [6.45, 7) is 1.62. The lowest BCUT2D eigenvalue weighted by molar-refractivity contribution is -0.160. The van der Waals surface area contributed by atoms with Gasteiger partial charge in [-0.05, 0) is 55.8 Å². The van der Waals surface area contributed by atoms with E-state index in [0.29, 0.717) is 22.2 Å².